The molecule has 1 rings (SSSR count). The minimum Gasteiger partial charge on any atom is -0.294 e. The molecule has 0 aliphatic rings. The van der Waals surface area contributed by atoms with Crippen molar-refractivity contribution in [1.29, 1.82) is 5.26 Å². The van der Waals surface area contributed by atoms with Gasteiger partial charge in [-0.05, 0) is 19.1 Å². The van der Waals surface area contributed by atoms with Crippen LogP contribution in [0, 0.1) is 11.3 Å². The molecule has 0 atom stereocenters. The van der Waals surface area contributed by atoms with Crippen molar-refractivity contribution in [2.45, 2.75) is 13.3 Å². The third-order valence-electron chi connectivity index (χ3n) is 1.84. The Labute approximate surface area is 90.1 Å². The predicted octanol–water partition coefficient (Wildman–Crippen LogP) is 3.35. The third kappa shape index (κ3) is 2.31. The topological polar surface area (TPSA) is 40.9 Å². The summed E-state index contributed by atoms with van der Waals surface area (Å²) in [5.74, 6) is -0.445. The van der Waals surface area contributed by atoms with Crippen LogP contribution in [0.3, 0.4) is 0 Å². The van der Waals surface area contributed by atoms with Gasteiger partial charge >= 0.3 is 0 Å². The lowest BCUT2D eigenvalue weighted by Crippen LogP contribution is -1.99. The summed E-state index contributed by atoms with van der Waals surface area (Å²) in [6.07, 6.45) is -2.80. The number of hydrogen-bond acceptors (Lipinski definition) is 2. The van der Waals surface area contributed by atoms with Gasteiger partial charge in [0.05, 0.1) is 16.7 Å². The van der Waals surface area contributed by atoms with E-state index in [-0.39, 0.29) is 16.1 Å². The summed E-state index contributed by atoms with van der Waals surface area (Å²) in [7, 11) is 0. The maximum atomic E-state index is 12.5. The van der Waals surface area contributed by atoms with Crippen molar-refractivity contribution in [3.8, 4) is 6.07 Å². The van der Waals surface area contributed by atoms with Crippen LogP contribution in [-0.4, -0.2) is 5.78 Å². The molecule has 0 amide bonds. The molecule has 15 heavy (non-hydrogen) atoms. The lowest BCUT2D eigenvalue weighted by molar-refractivity contribution is 0.101. The molecule has 0 fully saturated rings. The first-order chi connectivity index (χ1) is 6.97. The van der Waals surface area contributed by atoms with Crippen LogP contribution in [0.25, 0.3) is 0 Å². The molecule has 0 radical (unpaired) electrons. The number of Topliss-reactive ketones (excluding diaryl/α,β-unsaturated/α-hetero) is 1. The van der Waals surface area contributed by atoms with E-state index in [0.717, 1.165) is 6.07 Å². The van der Waals surface area contributed by atoms with E-state index < -0.39 is 17.8 Å². The first kappa shape index (κ1) is 11.6. The second-order valence-corrected chi connectivity index (χ2v) is 3.27. The molecular weight excluding hydrogens is 224 g/mol. The molecule has 5 heteroatoms. The number of alkyl halides is 2. The summed E-state index contributed by atoms with van der Waals surface area (Å²) in [6.45, 7) is 1.21. The number of hydrogen-bond donors (Lipinski definition) is 0. The Balaban J connectivity index is 3.49. The number of halogens is 3. The lowest BCUT2D eigenvalue weighted by Gasteiger charge is -2.07. The van der Waals surface area contributed by atoms with E-state index in [1.807, 2.05) is 0 Å². The van der Waals surface area contributed by atoms with Crippen LogP contribution in [-0.2, 0) is 0 Å². The molecule has 0 aliphatic heterocycles. The standard InChI is InChI=1S/C10H6ClF2NO/c1-5(15)7-2-6(4-14)3-8(9(7)11)10(12)13/h2-3,10H,1H3. The monoisotopic (exact) mass is 229 g/mol. The fraction of sp³-hybridized carbons (Fsp3) is 0.200. The van der Waals surface area contributed by atoms with Crippen molar-refractivity contribution in [3.63, 3.8) is 0 Å². The number of benzene rings is 1. The number of rotatable bonds is 2. The van der Waals surface area contributed by atoms with E-state index in [2.05, 4.69) is 0 Å². The Kier molecular flexibility index (Phi) is 3.38. The molecule has 0 N–H and O–H groups in total. The first-order valence-electron chi connectivity index (χ1n) is 4.00. The zero-order chi connectivity index (χ0) is 11.6. The Morgan fingerprint density at radius 1 is 1.53 bits per heavy atom. The molecule has 0 heterocycles. The van der Waals surface area contributed by atoms with Crippen LogP contribution in [0.15, 0.2) is 12.1 Å². The van der Waals surface area contributed by atoms with Crippen molar-refractivity contribution in [2.24, 2.45) is 0 Å². The van der Waals surface area contributed by atoms with Gasteiger partial charge in [-0.2, -0.15) is 5.26 Å². The number of carbonyl (C=O) groups is 1. The summed E-state index contributed by atoms with van der Waals surface area (Å²) >= 11 is 5.62. The number of carbonyl (C=O) groups excluding carboxylic acids is 1. The lowest BCUT2D eigenvalue weighted by atomic mass is 10.0. The number of ketones is 1. The first-order valence-corrected chi connectivity index (χ1v) is 4.37. The zero-order valence-electron chi connectivity index (χ0n) is 7.72. The Hall–Kier alpha value is -1.47. The van der Waals surface area contributed by atoms with Gasteiger partial charge in [-0.3, -0.25) is 4.79 Å². The zero-order valence-corrected chi connectivity index (χ0v) is 8.48. The van der Waals surface area contributed by atoms with Crippen molar-refractivity contribution in [3.05, 3.63) is 33.8 Å². The van der Waals surface area contributed by atoms with Crippen LogP contribution < -0.4 is 0 Å². The van der Waals surface area contributed by atoms with E-state index in [1.54, 1.807) is 6.07 Å². The Morgan fingerprint density at radius 3 is 2.53 bits per heavy atom. The molecule has 0 aliphatic carbocycles. The van der Waals surface area contributed by atoms with Gasteiger partial charge in [-0.15, -0.1) is 0 Å². The molecule has 0 aromatic heterocycles. The van der Waals surface area contributed by atoms with E-state index in [1.165, 1.54) is 13.0 Å². The van der Waals surface area contributed by atoms with Gasteiger partial charge in [0.1, 0.15) is 0 Å². The molecule has 2 nitrogen and oxygen atoms in total. The normalized spacial score (nSPS) is 10.1. The van der Waals surface area contributed by atoms with E-state index >= 15 is 0 Å². The molecule has 1 aromatic rings. The molecule has 0 bridgehead atoms. The van der Waals surface area contributed by atoms with Gasteiger partial charge in [0.25, 0.3) is 6.43 Å². The van der Waals surface area contributed by atoms with Gasteiger partial charge in [0.2, 0.25) is 0 Å². The predicted molar refractivity (Wildman–Crippen MR) is 51.1 cm³/mol. The highest BCUT2D eigenvalue weighted by Gasteiger charge is 2.18. The average molecular weight is 230 g/mol. The van der Waals surface area contributed by atoms with Gasteiger partial charge in [-0.25, -0.2) is 8.78 Å². The summed E-state index contributed by atoms with van der Waals surface area (Å²) in [5.41, 5.74) is -0.535. The number of nitriles is 1. The highest BCUT2D eigenvalue weighted by Crippen LogP contribution is 2.31. The maximum Gasteiger partial charge on any atom is 0.265 e. The maximum absolute atomic E-state index is 12.5. The summed E-state index contributed by atoms with van der Waals surface area (Å²) in [4.78, 5) is 11.1. The van der Waals surface area contributed by atoms with E-state index in [4.69, 9.17) is 16.9 Å². The highest BCUT2D eigenvalue weighted by atomic mass is 35.5. The second kappa shape index (κ2) is 4.37. The van der Waals surface area contributed by atoms with E-state index in [0.29, 0.717) is 0 Å². The quantitative estimate of drug-likeness (QED) is 0.730. The van der Waals surface area contributed by atoms with Crippen molar-refractivity contribution in [1.82, 2.24) is 0 Å². The molecule has 0 spiro atoms. The molecule has 0 saturated heterocycles. The third-order valence-corrected chi connectivity index (χ3v) is 2.27. The molecule has 0 unspecified atom stereocenters. The smallest absolute Gasteiger partial charge is 0.265 e. The van der Waals surface area contributed by atoms with Crippen LogP contribution in [0.1, 0.15) is 34.8 Å². The summed E-state index contributed by atoms with van der Waals surface area (Å²) < 4.78 is 25.0. The minimum atomic E-state index is -2.80. The molecule has 1 aromatic carbocycles. The minimum absolute atomic E-state index is 0.0000926. The summed E-state index contributed by atoms with van der Waals surface area (Å²) in [6, 6.07) is 3.89. The van der Waals surface area contributed by atoms with Crippen LogP contribution in [0.2, 0.25) is 5.02 Å². The summed E-state index contributed by atoms with van der Waals surface area (Å²) in [5, 5.41) is 8.31. The fourth-order valence-electron chi connectivity index (χ4n) is 1.13. The largest absolute Gasteiger partial charge is 0.294 e. The Bertz CT molecular complexity index is 451. The van der Waals surface area contributed by atoms with Gasteiger partial charge in [0, 0.05) is 11.1 Å². The van der Waals surface area contributed by atoms with Crippen molar-refractivity contribution in [2.75, 3.05) is 0 Å². The molecular formula is C10H6ClF2NO. The fourth-order valence-corrected chi connectivity index (χ4v) is 1.45. The van der Waals surface area contributed by atoms with Crippen molar-refractivity contribution >= 4 is 17.4 Å². The number of nitrogens with zero attached hydrogens (tertiary/aromatic N) is 1. The van der Waals surface area contributed by atoms with Crippen LogP contribution in [0.5, 0.6) is 0 Å². The average Bonchev–Trinajstić information content (AvgIpc) is 2.17. The second-order valence-electron chi connectivity index (χ2n) is 2.90. The van der Waals surface area contributed by atoms with Gasteiger partial charge < -0.3 is 0 Å². The Morgan fingerprint density at radius 2 is 2.13 bits per heavy atom. The van der Waals surface area contributed by atoms with Crippen LogP contribution >= 0.6 is 11.6 Å². The highest BCUT2D eigenvalue weighted by molar-refractivity contribution is 6.34. The van der Waals surface area contributed by atoms with Crippen molar-refractivity contribution < 1.29 is 13.6 Å². The molecule has 78 valence electrons. The van der Waals surface area contributed by atoms with Gasteiger partial charge in [-0.1, -0.05) is 11.6 Å². The molecule has 0 saturated carbocycles. The van der Waals surface area contributed by atoms with Gasteiger partial charge in [0.15, 0.2) is 5.78 Å². The van der Waals surface area contributed by atoms with E-state index in [9.17, 15) is 13.6 Å². The SMILES string of the molecule is CC(=O)c1cc(C#N)cc(C(F)F)c1Cl. The van der Waals surface area contributed by atoms with Crippen LogP contribution in [0.4, 0.5) is 8.78 Å².